The monoisotopic (exact) mass is 1140 g/mol. The standard InChI is InChI=1S/C68H119O11P/c1-4-7-10-13-16-19-22-25-28-30-32-34-37-40-43-46-49-52-55-58-67(71)78-64(60-69)62-76-80(73,74)77-63-65(61-75-66(70)57-54-51-48-45-42-39-36-27-24-21-18-15-12-9-6-3)79-68(72)59-56-53-50-47-44-41-38-35-33-31-29-26-23-20-17-14-11-8-5-2/h9,12,17-18,20-21,26-27,29,33,35-36,42,45,64-65,69H,4-8,10-11,13-16,19,22-25,28,30-32,34,37-41,43-44,46-63H2,1-3H3,(H,73,74)/b12-9-,20-17-,21-18-,29-26-,35-33-,36-27-,45-42-. The molecule has 2 N–H and O–H groups in total. The average Bonchev–Trinajstić information content (AvgIpc) is 3.45. The molecule has 80 heavy (non-hydrogen) atoms. The number of rotatable bonds is 60. The summed E-state index contributed by atoms with van der Waals surface area (Å²) in [5.74, 6) is -1.52. The van der Waals surface area contributed by atoms with Gasteiger partial charge < -0.3 is 24.2 Å². The third kappa shape index (κ3) is 59.3. The first-order chi connectivity index (χ1) is 39.2. The van der Waals surface area contributed by atoms with Crippen LogP contribution < -0.4 is 0 Å². The fourth-order valence-electron chi connectivity index (χ4n) is 8.89. The molecule has 12 heteroatoms. The van der Waals surface area contributed by atoms with E-state index in [1.807, 2.05) is 0 Å². The predicted octanol–water partition coefficient (Wildman–Crippen LogP) is 19.8. The summed E-state index contributed by atoms with van der Waals surface area (Å²) < 4.78 is 39.6. The van der Waals surface area contributed by atoms with E-state index in [1.165, 1.54) is 122 Å². The Balaban J connectivity index is 4.71. The number of aliphatic hydroxyl groups excluding tert-OH is 1. The topological polar surface area (TPSA) is 155 Å². The number of allylic oxidation sites excluding steroid dienone is 14. The van der Waals surface area contributed by atoms with Crippen LogP contribution in [0.2, 0.25) is 0 Å². The summed E-state index contributed by atoms with van der Waals surface area (Å²) in [5, 5.41) is 9.86. The van der Waals surface area contributed by atoms with Crippen molar-refractivity contribution < 1.29 is 52.2 Å². The van der Waals surface area contributed by atoms with Crippen LogP contribution in [0.1, 0.15) is 290 Å². The van der Waals surface area contributed by atoms with Crippen molar-refractivity contribution in [1.29, 1.82) is 0 Å². The third-order valence-corrected chi connectivity index (χ3v) is 14.8. The summed E-state index contributed by atoms with van der Waals surface area (Å²) in [6.45, 7) is 4.49. The summed E-state index contributed by atoms with van der Waals surface area (Å²) in [6, 6.07) is 0. The molecule has 0 aromatic rings. The summed E-state index contributed by atoms with van der Waals surface area (Å²) in [5.41, 5.74) is 0. The molecule has 0 aliphatic rings. The minimum atomic E-state index is -4.77. The van der Waals surface area contributed by atoms with Crippen molar-refractivity contribution in [2.45, 2.75) is 303 Å². The lowest BCUT2D eigenvalue weighted by Crippen LogP contribution is -2.30. The van der Waals surface area contributed by atoms with Gasteiger partial charge in [0.05, 0.1) is 19.8 Å². The highest BCUT2D eigenvalue weighted by Gasteiger charge is 2.28. The minimum Gasteiger partial charge on any atom is -0.462 e. The molecule has 0 aliphatic carbocycles. The molecule has 0 spiro atoms. The Labute approximate surface area is 490 Å². The maximum atomic E-state index is 13.0. The zero-order valence-electron chi connectivity index (χ0n) is 51.3. The number of hydrogen-bond donors (Lipinski definition) is 2. The van der Waals surface area contributed by atoms with Gasteiger partial charge >= 0.3 is 25.7 Å². The molecule has 0 rings (SSSR count). The van der Waals surface area contributed by atoms with E-state index in [-0.39, 0.29) is 25.9 Å². The van der Waals surface area contributed by atoms with Crippen molar-refractivity contribution in [3.8, 4) is 0 Å². The zero-order valence-corrected chi connectivity index (χ0v) is 52.2. The van der Waals surface area contributed by atoms with Gasteiger partial charge in [-0.2, -0.15) is 0 Å². The van der Waals surface area contributed by atoms with Gasteiger partial charge in [0.25, 0.3) is 0 Å². The number of carbonyl (C=O) groups is 3. The Morgan fingerprint density at radius 3 is 1.05 bits per heavy atom. The van der Waals surface area contributed by atoms with Crippen LogP contribution in [0, 0.1) is 0 Å². The van der Waals surface area contributed by atoms with Crippen molar-refractivity contribution in [3.63, 3.8) is 0 Å². The van der Waals surface area contributed by atoms with E-state index in [0.29, 0.717) is 19.3 Å². The van der Waals surface area contributed by atoms with E-state index in [4.69, 9.17) is 23.3 Å². The summed E-state index contributed by atoms with van der Waals surface area (Å²) in [4.78, 5) is 48.7. The summed E-state index contributed by atoms with van der Waals surface area (Å²) in [7, 11) is -4.77. The Hall–Kier alpha value is -3.34. The highest BCUT2D eigenvalue weighted by molar-refractivity contribution is 7.47. The second-order valence-electron chi connectivity index (χ2n) is 21.6. The number of carbonyl (C=O) groups excluding carboxylic acids is 3. The van der Waals surface area contributed by atoms with Gasteiger partial charge in [0.1, 0.15) is 12.7 Å². The van der Waals surface area contributed by atoms with E-state index in [0.717, 1.165) is 109 Å². The number of phosphoric ester groups is 1. The van der Waals surface area contributed by atoms with E-state index < -0.39 is 57.8 Å². The van der Waals surface area contributed by atoms with E-state index in [2.05, 4.69) is 106 Å². The predicted molar refractivity (Wildman–Crippen MR) is 334 cm³/mol. The van der Waals surface area contributed by atoms with Gasteiger partial charge in [-0.05, 0) is 96.3 Å². The molecule has 0 aromatic heterocycles. The van der Waals surface area contributed by atoms with Crippen molar-refractivity contribution in [1.82, 2.24) is 0 Å². The Morgan fingerprint density at radius 2 is 0.650 bits per heavy atom. The lowest BCUT2D eigenvalue weighted by molar-refractivity contribution is -0.161. The van der Waals surface area contributed by atoms with E-state index >= 15 is 0 Å². The fourth-order valence-corrected chi connectivity index (χ4v) is 9.67. The van der Waals surface area contributed by atoms with Crippen LogP contribution in [0.4, 0.5) is 0 Å². The van der Waals surface area contributed by atoms with Gasteiger partial charge in [0.15, 0.2) is 6.10 Å². The molecule has 0 saturated carbocycles. The van der Waals surface area contributed by atoms with Crippen LogP contribution >= 0.6 is 7.82 Å². The van der Waals surface area contributed by atoms with Gasteiger partial charge in [-0.25, -0.2) is 4.57 Å². The first-order valence-electron chi connectivity index (χ1n) is 32.5. The molecule has 0 bridgehead atoms. The Bertz CT molecular complexity index is 1670. The molecule has 0 saturated heterocycles. The van der Waals surface area contributed by atoms with Crippen LogP contribution in [0.15, 0.2) is 85.1 Å². The number of phosphoric acid groups is 1. The quantitative estimate of drug-likeness (QED) is 0.0197. The normalized spacial score (nSPS) is 13.8. The maximum absolute atomic E-state index is 13.0. The molecule has 0 aromatic carbocycles. The second kappa shape index (κ2) is 61.7. The number of aliphatic hydroxyl groups is 1. The van der Waals surface area contributed by atoms with Crippen molar-refractivity contribution >= 4 is 25.7 Å². The number of esters is 3. The molecule has 0 amide bonds. The van der Waals surface area contributed by atoms with Gasteiger partial charge in [0, 0.05) is 19.3 Å². The molecule has 0 fully saturated rings. The van der Waals surface area contributed by atoms with Crippen molar-refractivity contribution in [2.75, 3.05) is 26.4 Å². The third-order valence-electron chi connectivity index (χ3n) is 13.8. The van der Waals surface area contributed by atoms with Crippen LogP contribution in [-0.4, -0.2) is 66.5 Å². The molecular formula is C68H119O11P. The van der Waals surface area contributed by atoms with Crippen LogP contribution in [0.25, 0.3) is 0 Å². The van der Waals surface area contributed by atoms with Crippen molar-refractivity contribution in [2.24, 2.45) is 0 Å². The van der Waals surface area contributed by atoms with Crippen LogP contribution in [0.3, 0.4) is 0 Å². The summed E-state index contributed by atoms with van der Waals surface area (Å²) >= 11 is 0. The zero-order chi connectivity index (χ0) is 58.3. The van der Waals surface area contributed by atoms with E-state index in [1.54, 1.807) is 0 Å². The minimum absolute atomic E-state index is 0.142. The number of ether oxygens (including phenoxy) is 3. The van der Waals surface area contributed by atoms with Gasteiger partial charge in [0.2, 0.25) is 0 Å². The Morgan fingerprint density at radius 1 is 0.362 bits per heavy atom. The molecule has 0 radical (unpaired) electrons. The second-order valence-corrected chi connectivity index (χ2v) is 23.0. The SMILES string of the molecule is CC/C=C\C/C=C\C/C=C\C/C=C\CCCCC(=O)OCC(COP(=O)(O)OCC(CO)OC(=O)CCCCCCCCCCCCCCCCCCCCC)OC(=O)CCCCCCCC/C=C\C/C=C\C/C=C\CCCCC. The maximum Gasteiger partial charge on any atom is 0.472 e. The lowest BCUT2D eigenvalue weighted by atomic mass is 10.0. The van der Waals surface area contributed by atoms with E-state index in [9.17, 15) is 28.9 Å². The average molecular weight is 1140 g/mol. The highest BCUT2D eigenvalue weighted by Crippen LogP contribution is 2.43. The molecule has 11 nitrogen and oxygen atoms in total. The molecule has 3 unspecified atom stereocenters. The van der Waals surface area contributed by atoms with Crippen LogP contribution in [-0.2, 0) is 42.2 Å². The molecule has 0 heterocycles. The van der Waals surface area contributed by atoms with Crippen molar-refractivity contribution in [3.05, 3.63) is 85.1 Å². The van der Waals surface area contributed by atoms with Crippen LogP contribution in [0.5, 0.6) is 0 Å². The number of hydrogen-bond acceptors (Lipinski definition) is 10. The highest BCUT2D eigenvalue weighted by atomic mass is 31.2. The lowest BCUT2D eigenvalue weighted by Gasteiger charge is -2.21. The van der Waals surface area contributed by atoms with Gasteiger partial charge in [-0.1, -0.05) is 260 Å². The molecule has 0 aliphatic heterocycles. The van der Waals surface area contributed by atoms with Gasteiger partial charge in [-0.15, -0.1) is 0 Å². The molecule has 462 valence electrons. The smallest absolute Gasteiger partial charge is 0.462 e. The first kappa shape index (κ1) is 76.7. The Kier molecular flexibility index (Phi) is 59.1. The van der Waals surface area contributed by atoms with Gasteiger partial charge in [-0.3, -0.25) is 23.4 Å². The molecular weight excluding hydrogens is 1020 g/mol. The summed E-state index contributed by atoms with van der Waals surface area (Å²) in [6.07, 6.45) is 72.5. The first-order valence-corrected chi connectivity index (χ1v) is 34.0. The molecule has 3 atom stereocenters. The largest absolute Gasteiger partial charge is 0.472 e. The number of unbranched alkanes of at least 4 members (excludes halogenated alkanes) is 29. The fraction of sp³-hybridized carbons (Fsp3) is 0.750.